The van der Waals surface area contributed by atoms with Crippen molar-refractivity contribution in [1.29, 1.82) is 0 Å². The second-order valence-electron chi connectivity index (χ2n) is 5.05. The highest BCUT2D eigenvalue weighted by atomic mass is 79.9. The van der Waals surface area contributed by atoms with Crippen molar-refractivity contribution in [3.8, 4) is 10.6 Å². The van der Waals surface area contributed by atoms with Gasteiger partial charge in [-0.05, 0) is 12.1 Å². The van der Waals surface area contributed by atoms with E-state index in [-0.39, 0.29) is 25.5 Å². The fourth-order valence-corrected chi connectivity index (χ4v) is 3.31. The first-order chi connectivity index (χ1) is 11.5. The summed E-state index contributed by atoms with van der Waals surface area (Å²) >= 11 is 4.83. The summed E-state index contributed by atoms with van der Waals surface area (Å²) in [4.78, 5) is 17.8. The Morgan fingerprint density at radius 1 is 1.46 bits per heavy atom. The molecule has 0 bridgehead atoms. The number of rotatable bonds is 8. The maximum absolute atomic E-state index is 12.6. The van der Waals surface area contributed by atoms with E-state index in [0.29, 0.717) is 5.69 Å². The minimum Gasteiger partial charge on any atom is -0.383 e. The van der Waals surface area contributed by atoms with E-state index in [9.17, 15) is 13.6 Å². The van der Waals surface area contributed by atoms with Crippen LogP contribution in [0.1, 0.15) is 5.69 Å². The van der Waals surface area contributed by atoms with Gasteiger partial charge in [-0.1, -0.05) is 28.1 Å². The first-order valence-electron chi connectivity index (χ1n) is 7.24. The molecule has 4 nitrogen and oxygen atoms in total. The summed E-state index contributed by atoms with van der Waals surface area (Å²) < 4.78 is 31.1. The molecule has 0 radical (unpaired) electrons. The summed E-state index contributed by atoms with van der Waals surface area (Å²) in [6.45, 7) is -0.230. The zero-order valence-corrected chi connectivity index (χ0v) is 15.4. The third kappa shape index (κ3) is 5.61. The second-order valence-corrected chi connectivity index (χ2v) is 6.83. The van der Waals surface area contributed by atoms with Gasteiger partial charge in [0.1, 0.15) is 5.01 Å². The highest BCUT2D eigenvalue weighted by molar-refractivity contribution is 9.10. The van der Waals surface area contributed by atoms with E-state index >= 15 is 0 Å². The Bertz CT molecular complexity index is 682. The van der Waals surface area contributed by atoms with Gasteiger partial charge in [-0.3, -0.25) is 4.79 Å². The van der Waals surface area contributed by atoms with Gasteiger partial charge in [-0.15, -0.1) is 11.3 Å². The molecule has 0 atom stereocenters. The van der Waals surface area contributed by atoms with Crippen LogP contribution in [0.3, 0.4) is 0 Å². The SMILES string of the molecule is COCCN(CC(F)F)C(=O)Cc1csc(-c2cccc(Br)c2)n1. The topological polar surface area (TPSA) is 42.4 Å². The van der Waals surface area contributed by atoms with E-state index in [1.165, 1.54) is 18.4 Å². The number of methoxy groups -OCH3 is 1. The first-order valence-corrected chi connectivity index (χ1v) is 8.92. The molecule has 1 heterocycles. The number of carbonyl (C=O) groups is 1. The second kappa shape index (κ2) is 9.19. The molecule has 0 N–H and O–H groups in total. The predicted octanol–water partition coefficient (Wildman–Crippen LogP) is 3.86. The third-order valence-electron chi connectivity index (χ3n) is 3.23. The first kappa shape index (κ1) is 19.0. The summed E-state index contributed by atoms with van der Waals surface area (Å²) in [7, 11) is 1.47. The summed E-state index contributed by atoms with van der Waals surface area (Å²) in [6.07, 6.45) is -2.57. The van der Waals surface area contributed by atoms with E-state index in [0.717, 1.165) is 19.9 Å². The molecule has 2 rings (SSSR count). The van der Waals surface area contributed by atoms with E-state index < -0.39 is 13.0 Å². The Labute approximate surface area is 151 Å². The number of nitrogens with zero attached hydrogens (tertiary/aromatic N) is 2. The molecule has 130 valence electrons. The number of benzene rings is 1. The quantitative estimate of drug-likeness (QED) is 0.653. The molecule has 24 heavy (non-hydrogen) atoms. The molecule has 1 aromatic carbocycles. The Kier molecular flexibility index (Phi) is 7.26. The molecule has 0 saturated heterocycles. The molecule has 0 aliphatic rings. The number of amides is 1. The molecule has 0 aliphatic heterocycles. The average Bonchev–Trinajstić information content (AvgIpc) is 2.99. The van der Waals surface area contributed by atoms with Crippen LogP contribution in [0.25, 0.3) is 10.6 Å². The molecule has 0 fully saturated rings. The molecule has 0 unspecified atom stereocenters. The van der Waals surface area contributed by atoms with Crippen LogP contribution in [-0.4, -0.2) is 49.0 Å². The van der Waals surface area contributed by atoms with Gasteiger partial charge in [0.05, 0.1) is 25.3 Å². The normalized spacial score (nSPS) is 11.0. The maximum atomic E-state index is 12.6. The van der Waals surface area contributed by atoms with Crippen LogP contribution < -0.4 is 0 Å². The lowest BCUT2D eigenvalue weighted by atomic mass is 10.2. The number of halogens is 3. The smallest absolute Gasteiger partial charge is 0.255 e. The summed E-state index contributed by atoms with van der Waals surface area (Å²) in [5.41, 5.74) is 1.52. The van der Waals surface area contributed by atoms with E-state index in [1.807, 2.05) is 24.3 Å². The monoisotopic (exact) mass is 418 g/mol. The van der Waals surface area contributed by atoms with Crippen LogP contribution in [0.5, 0.6) is 0 Å². The fourth-order valence-electron chi connectivity index (χ4n) is 2.09. The van der Waals surface area contributed by atoms with Crippen LogP contribution in [-0.2, 0) is 16.0 Å². The van der Waals surface area contributed by atoms with Crippen molar-refractivity contribution in [2.45, 2.75) is 12.8 Å². The zero-order valence-electron chi connectivity index (χ0n) is 13.0. The number of hydrogen-bond acceptors (Lipinski definition) is 4. The summed E-state index contributed by atoms with van der Waals surface area (Å²) in [5, 5.41) is 2.57. The van der Waals surface area contributed by atoms with Crippen molar-refractivity contribution in [2.24, 2.45) is 0 Å². The van der Waals surface area contributed by atoms with Crippen LogP contribution in [0.15, 0.2) is 34.1 Å². The molecular weight excluding hydrogens is 402 g/mol. The minimum absolute atomic E-state index is 0.000930. The van der Waals surface area contributed by atoms with Gasteiger partial charge in [0.25, 0.3) is 6.43 Å². The number of carbonyl (C=O) groups excluding carboxylic acids is 1. The Morgan fingerprint density at radius 2 is 2.25 bits per heavy atom. The van der Waals surface area contributed by atoms with Crippen molar-refractivity contribution in [3.63, 3.8) is 0 Å². The molecule has 1 aromatic heterocycles. The standard InChI is InChI=1S/C16H17BrF2N2O2S/c1-23-6-5-21(9-14(18)19)15(22)8-13-10-24-16(20-13)11-3-2-4-12(17)7-11/h2-4,7,10,14H,5-6,8-9H2,1H3. The molecule has 2 aromatic rings. The average molecular weight is 419 g/mol. The highest BCUT2D eigenvalue weighted by Crippen LogP contribution is 2.26. The molecule has 8 heteroatoms. The van der Waals surface area contributed by atoms with Gasteiger partial charge in [-0.2, -0.15) is 0 Å². The van der Waals surface area contributed by atoms with Crippen molar-refractivity contribution in [2.75, 3.05) is 26.8 Å². The third-order valence-corrected chi connectivity index (χ3v) is 4.67. The van der Waals surface area contributed by atoms with Crippen molar-refractivity contribution >= 4 is 33.2 Å². The van der Waals surface area contributed by atoms with E-state index in [4.69, 9.17) is 4.74 Å². The number of hydrogen-bond donors (Lipinski definition) is 0. The Hall–Kier alpha value is -1.38. The van der Waals surface area contributed by atoms with Crippen LogP contribution in [0.4, 0.5) is 8.78 Å². The number of ether oxygens (including phenoxy) is 1. The lowest BCUT2D eigenvalue weighted by Gasteiger charge is -2.21. The molecule has 0 aliphatic carbocycles. The summed E-state index contributed by atoms with van der Waals surface area (Å²) in [5.74, 6) is -0.376. The number of alkyl halides is 2. The van der Waals surface area contributed by atoms with Crippen molar-refractivity contribution in [1.82, 2.24) is 9.88 Å². The lowest BCUT2D eigenvalue weighted by molar-refractivity contribution is -0.133. The maximum Gasteiger partial charge on any atom is 0.255 e. The minimum atomic E-state index is -2.57. The highest BCUT2D eigenvalue weighted by Gasteiger charge is 2.19. The van der Waals surface area contributed by atoms with Gasteiger partial charge in [0.2, 0.25) is 5.91 Å². The van der Waals surface area contributed by atoms with Gasteiger partial charge in [-0.25, -0.2) is 13.8 Å². The number of thiazole rings is 1. The van der Waals surface area contributed by atoms with Crippen molar-refractivity contribution < 1.29 is 18.3 Å². The van der Waals surface area contributed by atoms with Gasteiger partial charge in [0.15, 0.2) is 0 Å². The largest absolute Gasteiger partial charge is 0.383 e. The van der Waals surface area contributed by atoms with Crippen LogP contribution >= 0.6 is 27.3 Å². The number of aromatic nitrogens is 1. The van der Waals surface area contributed by atoms with Crippen molar-refractivity contribution in [3.05, 3.63) is 39.8 Å². The molecule has 0 saturated carbocycles. The van der Waals surface area contributed by atoms with E-state index in [1.54, 1.807) is 5.38 Å². The molecule has 1 amide bonds. The Balaban J connectivity index is 2.05. The van der Waals surface area contributed by atoms with Gasteiger partial charge >= 0.3 is 0 Å². The lowest BCUT2D eigenvalue weighted by Crippen LogP contribution is -2.38. The van der Waals surface area contributed by atoms with Gasteiger partial charge in [0, 0.05) is 29.1 Å². The van der Waals surface area contributed by atoms with Gasteiger partial charge < -0.3 is 9.64 Å². The van der Waals surface area contributed by atoms with Crippen LogP contribution in [0, 0.1) is 0 Å². The Morgan fingerprint density at radius 3 is 2.92 bits per heavy atom. The predicted molar refractivity (Wildman–Crippen MR) is 93.4 cm³/mol. The molecular formula is C16H17BrF2N2O2S. The molecule has 0 spiro atoms. The summed E-state index contributed by atoms with van der Waals surface area (Å²) in [6, 6.07) is 7.68. The van der Waals surface area contributed by atoms with E-state index in [2.05, 4.69) is 20.9 Å². The fraction of sp³-hybridized carbons (Fsp3) is 0.375. The zero-order chi connectivity index (χ0) is 17.5. The van der Waals surface area contributed by atoms with Crippen LogP contribution in [0.2, 0.25) is 0 Å².